The Morgan fingerprint density at radius 1 is 1.32 bits per heavy atom. The Bertz CT molecular complexity index is 552. The zero-order valence-electron chi connectivity index (χ0n) is 12.6. The van der Waals surface area contributed by atoms with Crippen molar-refractivity contribution in [2.45, 2.75) is 31.4 Å². The van der Waals surface area contributed by atoms with Gasteiger partial charge < -0.3 is 14.8 Å². The van der Waals surface area contributed by atoms with Crippen molar-refractivity contribution in [1.82, 2.24) is 5.32 Å². The first-order chi connectivity index (χ1) is 10.7. The number of rotatable bonds is 5. The second kappa shape index (κ2) is 6.46. The first-order valence-electron chi connectivity index (χ1n) is 7.55. The molecule has 2 aliphatic rings. The van der Waals surface area contributed by atoms with Gasteiger partial charge in [0.2, 0.25) is 5.91 Å². The molecule has 1 aromatic rings. The number of carbonyl (C=O) groups is 2. The van der Waals surface area contributed by atoms with Crippen molar-refractivity contribution < 1.29 is 19.1 Å². The van der Waals surface area contributed by atoms with E-state index >= 15 is 0 Å². The van der Waals surface area contributed by atoms with E-state index in [1.54, 1.807) is 31.4 Å². The average Bonchev–Trinajstić information content (AvgIpc) is 3.14. The molecular formula is C16H20N2O4. The fourth-order valence-electron chi connectivity index (χ4n) is 2.87. The number of anilines is 1. The monoisotopic (exact) mass is 304 g/mol. The first kappa shape index (κ1) is 15.0. The number of carbonyl (C=O) groups excluding carboxylic acids is 2. The highest BCUT2D eigenvalue weighted by molar-refractivity contribution is 6.22. The minimum atomic E-state index is -0.459. The van der Waals surface area contributed by atoms with Gasteiger partial charge in [0.15, 0.2) is 0 Å². The van der Waals surface area contributed by atoms with Crippen molar-refractivity contribution in [3.05, 3.63) is 24.3 Å². The Morgan fingerprint density at radius 2 is 2.09 bits per heavy atom. The Hall–Kier alpha value is -1.92. The summed E-state index contributed by atoms with van der Waals surface area (Å²) in [5.41, 5.74) is 0.581. The molecule has 1 N–H and O–H groups in total. The number of nitrogens with zero attached hydrogens (tertiary/aromatic N) is 1. The molecule has 2 saturated heterocycles. The minimum absolute atomic E-state index is 0.151. The zero-order valence-corrected chi connectivity index (χ0v) is 12.6. The van der Waals surface area contributed by atoms with E-state index in [1.165, 1.54) is 4.90 Å². The van der Waals surface area contributed by atoms with Crippen molar-refractivity contribution in [3.8, 4) is 5.75 Å². The van der Waals surface area contributed by atoms with Gasteiger partial charge in [-0.25, -0.2) is 4.90 Å². The minimum Gasteiger partial charge on any atom is -0.497 e. The van der Waals surface area contributed by atoms with Crippen LogP contribution in [0.5, 0.6) is 5.75 Å². The van der Waals surface area contributed by atoms with Crippen molar-refractivity contribution in [3.63, 3.8) is 0 Å². The van der Waals surface area contributed by atoms with Gasteiger partial charge in [-0.2, -0.15) is 0 Å². The molecule has 1 aromatic carbocycles. The Balaban J connectivity index is 1.65. The van der Waals surface area contributed by atoms with Crippen LogP contribution in [0.25, 0.3) is 0 Å². The third-order valence-electron chi connectivity index (χ3n) is 4.09. The predicted octanol–water partition coefficient (Wildman–Crippen LogP) is 1.10. The number of nitrogens with one attached hydrogen (secondary N) is 1. The van der Waals surface area contributed by atoms with Crippen LogP contribution in [0, 0.1) is 0 Å². The summed E-state index contributed by atoms with van der Waals surface area (Å²) < 4.78 is 10.6. The Morgan fingerprint density at radius 3 is 2.73 bits per heavy atom. The van der Waals surface area contributed by atoms with Gasteiger partial charge in [0.1, 0.15) is 5.75 Å². The third kappa shape index (κ3) is 2.98. The van der Waals surface area contributed by atoms with E-state index in [-0.39, 0.29) is 24.3 Å². The molecule has 2 fully saturated rings. The lowest BCUT2D eigenvalue weighted by molar-refractivity contribution is -0.121. The second-order valence-corrected chi connectivity index (χ2v) is 5.57. The van der Waals surface area contributed by atoms with Gasteiger partial charge in [-0.15, -0.1) is 0 Å². The molecule has 0 aromatic heterocycles. The number of hydrogen-bond acceptors (Lipinski definition) is 5. The summed E-state index contributed by atoms with van der Waals surface area (Å²) >= 11 is 0. The lowest BCUT2D eigenvalue weighted by Gasteiger charge is -2.17. The summed E-state index contributed by atoms with van der Waals surface area (Å²) in [5.74, 6) is 0.309. The number of methoxy groups -OCH3 is 1. The molecule has 118 valence electrons. The van der Waals surface area contributed by atoms with Crippen LogP contribution in [-0.2, 0) is 14.3 Å². The summed E-state index contributed by atoms with van der Waals surface area (Å²) in [6.45, 7) is 1.39. The van der Waals surface area contributed by atoms with E-state index in [2.05, 4.69) is 5.32 Å². The molecule has 0 spiro atoms. The molecule has 22 heavy (non-hydrogen) atoms. The van der Waals surface area contributed by atoms with E-state index in [0.717, 1.165) is 19.4 Å². The SMILES string of the molecule is COc1ccc(N2C(=O)C[C@@H](NC[C@H]3CCCO3)C2=O)cc1. The van der Waals surface area contributed by atoms with Gasteiger partial charge in [-0.1, -0.05) is 0 Å². The highest BCUT2D eigenvalue weighted by Crippen LogP contribution is 2.25. The van der Waals surface area contributed by atoms with E-state index in [1.807, 2.05) is 0 Å². The van der Waals surface area contributed by atoms with Gasteiger partial charge in [0.25, 0.3) is 5.91 Å². The Kier molecular flexibility index (Phi) is 4.40. The van der Waals surface area contributed by atoms with Crippen LogP contribution in [0.3, 0.4) is 0 Å². The lowest BCUT2D eigenvalue weighted by atomic mass is 10.2. The number of ether oxygens (including phenoxy) is 2. The topological polar surface area (TPSA) is 67.9 Å². The van der Waals surface area contributed by atoms with Crippen molar-refractivity contribution in [1.29, 1.82) is 0 Å². The average molecular weight is 304 g/mol. The van der Waals surface area contributed by atoms with Gasteiger partial charge in [0.05, 0.1) is 31.4 Å². The normalized spacial score (nSPS) is 25.0. The maximum atomic E-state index is 12.4. The number of amides is 2. The van der Waals surface area contributed by atoms with Crippen LogP contribution in [0.2, 0.25) is 0 Å². The van der Waals surface area contributed by atoms with E-state index in [4.69, 9.17) is 9.47 Å². The summed E-state index contributed by atoms with van der Waals surface area (Å²) in [6.07, 6.45) is 2.40. The Labute approximate surface area is 129 Å². The lowest BCUT2D eigenvalue weighted by Crippen LogP contribution is -2.41. The highest BCUT2D eigenvalue weighted by Gasteiger charge is 2.39. The molecule has 2 aliphatic heterocycles. The van der Waals surface area contributed by atoms with Gasteiger partial charge >= 0.3 is 0 Å². The quantitative estimate of drug-likeness (QED) is 0.825. The molecule has 0 aliphatic carbocycles. The van der Waals surface area contributed by atoms with Crippen LogP contribution in [0.4, 0.5) is 5.69 Å². The van der Waals surface area contributed by atoms with Gasteiger partial charge in [-0.05, 0) is 37.1 Å². The molecular weight excluding hydrogens is 284 g/mol. The van der Waals surface area contributed by atoms with Gasteiger partial charge in [-0.3, -0.25) is 9.59 Å². The molecule has 6 nitrogen and oxygen atoms in total. The summed E-state index contributed by atoms with van der Waals surface area (Å²) in [5, 5.41) is 3.16. The molecule has 3 rings (SSSR count). The van der Waals surface area contributed by atoms with E-state index in [9.17, 15) is 9.59 Å². The molecule has 2 atom stereocenters. The van der Waals surface area contributed by atoms with Crippen LogP contribution in [-0.4, -0.2) is 44.2 Å². The number of hydrogen-bond donors (Lipinski definition) is 1. The fraction of sp³-hybridized carbons (Fsp3) is 0.500. The van der Waals surface area contributed by atoms with Crippen LogP contribution in [0.15, 0.2) is 24.3 Å². The van der Waals surface area contributed by atoms with E-state index < -0.39 is 6.04 Å². The number of imide groups is 1. The van der Waals surface area contributed by atoms with Crippen LogP contribution >= 0.6 is 0 Å². The third-order valence-corrected chi connectivity index (χ3v) is 4.09. The van der Waals surface area contributed by atoms with Crippen molar-refractivity contribution in [2.75, 3.05) is 25.2 Å². The molecule has 0 radical (unpaired) electrons. The fourth-order valence-corrected chi connectivity index (χ4v) is 2.87. The number of benzene rings is 1. The van der Waals surface area contributed by atoms with Crippen LogP contribution in [0.1, 0.15) is 19.3 Å². The first-order valence-corrected chi connectivity index (χ1v) is 7.55. The predicted molar refractivity (Wildman–Crippen MR) is 80.9 cm³/mol. The van der Waals surface area contributed by atoms with E-state index in [0.29, 0.717) is 18.0 Å². The largest absolute Gasteiger partial charge is 0.497 e. The maximum absolute atomic E-state index is 12.4. The highest BCUT2D eigenvalue weighted by atomic mass is 16.5. The maximum Gasteiger partial charge on any atom is 0.251 e. The summed E-state index contributed by atoms with van der Waals surface area (Å²) in [6, 6.07) is 6.46. The van der Waals surface area contributed by atoms with Crippen LogP contribution < -0.4 is 15.0 Å². The molecule has 0 saturated carbocycles. The van der Waals surface area contributed by atoms with Gasteiger partial charge in [0, 0.05) is 13.2 Å². The molecule has 2 amide bonds. The smallest absolute Gasteiger partial charge is 0.251 e. The summed E-state index contributed by atoms with van der Waals surface area (Å²) in [7, 11) is 1.58. The molecule has 0 unspecified atom stereocenters. The zero-order chi connectivity index (χ0) is 15.5. The molecule has 6 heteroatoms. The molecule has 0 bridgehead atoms. The van der Waals surface area contributed by atoms with Crippen molar-refractivity contribution >= 4 is 17.5 Å². The van der Waals surface area contributed by atoms with Crippen molar-refractivity contribution in [2.24, 2.45) is 0 Å². The molecule has 2 heterocycles. The standard InChI is InChI=1S/C16H20N2O4/c1-21-12-6-4-11(5-7-12)18-15(19)9-14(16(18)20)17-10-13-3-2-8-22-13/h4-7,13-14,17H,2-3,8-10H2,1H3/t13-,14-/m1/s1. The summed E-state index contributed by atoms with van der Waals surface area (Å²) in [4.78, 5) is 25.8. The second-order valence-electron chi connectivity index (χ2n) is 5.57.